The SMILES string of the molecule is CCC(C)(C)c1ccc(Oc2ccc(CO)c(C)c2)cc1. The summed E-state index contributed by atoms with van der Waals surface area (Å²) >= 11 is 0. The summed E-state index contributed by atoms with van der Waals surface area (Å²) in [5.74, 6) is 1.63. The molecule has 0 aliphatic heterocycles. The van der Waals surface area contributed by atoms with Gasteiger partial charge in [0.1, 0.15) is 11.5 Å². The molecule has 0 radical (unpaired) electrons. The highest BCUT2D eigenvalue weighted by Gasteiger charge is 2.17. The Bertz CT molecular complexity index is 597. The van der Waals surface area contributed by atoms with Crippen LogP contribution in [0.25, 0.3) is 0 Å². The van der Waals surface area contributed by atoms with Crippen molar-refractivity contribution in [2.24, 2.45) is 0 Å². The maximum atomic E-state index is 9.19. The predicted octanol–water partition coefficient (Wildman–Crippen LogP) is 4.97. The molecule has 0 unspecified atom stereocenters. The van der Waals surface area contributed by atoms with Crippen molar-refractivity contribution in [2.45, 2.75) is 46.1 Å². The number of hydrogen-bond donors (Lipinski definition) is 1. The van der Waals surface area contributed by atoms with Crippen LogP contribution in [-0.2, 0) is 12.0 Å². The molecule has 0 spiro atoms. The monoisotopic (exact) mass is 284 g/mol. The number of rotatable bonds is 5. The molecule has 0 saturated heterocycles. The van der Waals surface area contributed by atoms with Crippen LogP contribution in [0.3, 0.4) is 0 Å². The van der Waals surface area contributed by atoms with E-state index in [1.54, 1.807) is 0 Å². The molecule has 0 amide bonds. The van der Waals surface area contributed by atoms with Crippen molar-refractivity contribution in [1.82, 2.24) is 0 Å². The van der Waals surface area contributed by atoms with Crippen molar-refractivity contribution in [3.05, 3.63) is 59.2 Å². The summed E-state index contributed by atoms with van der Waals surface area (Å²) in [5, 5.41) is 9.19. The zero-order valence-corrected chi connectivity index (χ0v) is 13.3. The molecule has 0 atom stereocenters. The first-order chi connectivity index (χ1) is 9.96. The zero-order chi connectivity index (χ0) is 15.5. The second-order valence-corrected chi connectivity index (χ2v) is 6.11. The predicted molar refractivity (Wildman–Crippen MR) is 86.9 cm³/mol. The molecule has 0 aliphatic carbocycles. The number of ether oxygens (including phenoxy) is 1. The van der Waals surface area contributed by atoms with Gasteiger partial charge in [0.15, 0.2) is 0 Å². The van der Waals surface area contributed by atoms with Crippen LogP contribution in [0, 0.1) is 6.92 Å². The van der Waals surface area contributed by atoms with Crippen molar-refractivity contribution in [3.63, 3.8) is 0 Å². The van der Waals surface area contributed by atoms with Crippen molar-refractivity contribution in [3.8, 4) is 11.5 Å². The van der Waals surface area contributed by atoms with Crippen LogP contribution < -0.4 is 4.74 Å². The van der Waals surface area contributed by atoms with Crippen LogP contribution in [0.4, 0.5) is 0 Å². The van der Waals surface area contributed by atoms with Crippen molar-refractivity contribution in [1.29, 1.82) is 0 Å². The van der Waals surface area contributed by atoms with E-state index in [1.165, 1.54) is 5.56 Å². The quantitative estimate of drug-likeness (QED) is 0.840. The van der Waals surface area contributed by atoms with E-state index >= 15 is 0 Å². The van der Waals surface area contributed by atoms with Crippen LogP contribution >= 0.6 is 0 Å². The molecule has 0 saturated carbocycles. The molecule has 2 aromatic rings. The third-order valence-electron chi connectivity index (χ3n) is 4.24. The number of benzene rings is 2. The van der Waals surface area contributed by atoms with Gasteiger partial charge in [-0.25, -0.2) is 0 Å². The lowest BCUT2D eigenvalue weighted by Crippen LogP contribution is -2.14. The second kappa shape index (κ2) is 6.31. The van der Waals surface area contributed by atoms with E-state index < -0.39 is 0 Å². The molecule has 2 nitrogen and oxygen atoms in total. The highest BCUT2D eigenvalue weighted by atomic mass is 16.5. The Morgan fingerprint density at radius 1 is 1.00 bits per heavy atom. The Labute approximate surface area is 127 Å². The summed E-state index contributed by atoms with van der Waals surface area (Å²) in [6.45, 7) is 8.74. The van der Waals surface area contributed by atoms with Gasteiger partial charge < -0.3 is 9.84 Å². The highest BCUT2D eigenvalue weighted by Crippen LogP contribution is 2.30. The van der Waals surface area contributed by atoms with Gasteiger partial charge in [-0.15, -0.1) is 0 Å². The maximum Gasteiger partial charge on any atom is 0.127 e. The lowest BCUT2D eigenvalue weighted by Gasteiger charge is -2.23. The molecule has 21 heavy (non-hydrogen) atoms. The first kappa shape index (κ1) is 15.6. The van der Waals surface area contributed by atoms with Crippen molar-refractivity contribution >= 4 is 0 Å². The molecule has 0 aromatic heterocycles. The third kappa shape index (κ3) is 3.64. The smallest absolute Gasteiger partial charge is 0.127 e. The van der Waals surface area contributed by atoms with Gasteiger partial charge in [0.25, 0.3) is 0 Å². The fraction of sp³-hybridized carbons (Fsp3) is 0.368. The van der Waals surface area contributed by atoms with E-state index in [4.69, 9.17) is 4.74 Å². The summed E-state index contributed by atoms with van der Waals surface area (Å²) in [7, 11) is 0. The van der Waals surface area contributed by atoms with Gasteiger partial charge in [-0.2, -0.15) is 0 Å². The molecule has 0 fully saturated rings. The lowest BCUT2D eigenvalue weighted by atomic mass is 9.82. The van der Waals surface area contributed by atoms with Crippen LogP contribution in [0.15, 0.2) is 42.5 Å². The number of aryl methyl sites for hydroxylation is 1. The van der Waals surface area contributed by atoms with Gasteiger partial charge in [-0.05, 0) is 59.7 Å². The molecule has 0 bridgehead atoms. The minimum absolute atomic E-state index is 0.0624. The van der Waals surface area contributed by atoms with Gasteiger partial charge in [0.2, 0.25) is 0 Å². The molecule has 0 aliphatic rings. The fourth-order valence-electron chi connectivity index (χ4n) is 2.22. The average Bonchev–Trinajstić information content (AvgIpc) is 2.48. The first-order valence-corrected chi connectivity index (χ1v) is 7.45. The second-order valence-electron chi connectivity index (χ2n) is 6.11. The van der Waals surface area contributed by atoms with Gasteiger partial charge >= 0.3 is 0 Å². The Morgan fingerprint density at radius 3 is 2.14 bits per heavy atom. The maximum absolute atomic E-state index is 9.19. The van der Waals surface area contributed by atoms with E-state index in [0.717, 1.165) is 29.0 Å². The summed E-state index contributed by atoms with van der Waals surface area (Å²) in [5.41, 5.74) is 3.49. The third-order valence-corrected chi connectivity index (χ3v) is 4.24. The van der Waals surface area contributed by atoms with Crippen LogP contribution in [0.5, 0.6) is 11.5 Å². The first-order valence-electron chi connectivity index (χ1n) is 7.45. The summed E-state index contributed by atoms with van der Waals surface area (Å²) in [6, 6.07) is 14.0. The van der Waals surface area contributed by atoms with Crippen LogP contribution in [0.2, 0.25) is 0 Å². The fourth-order valence-corrected chi connectivity index (χ4v) is 2.22. The van der Waals surface area contributed by atoms with Gasteiger partial charge in [0.05, 0.1) is 6.61 Å². The highest BCUT2D eigenvalue weighted by molar-refractivity contribution is 5.39. The number of hydrogen-bond acceptors (Lipinski definition) is 2. The standard InChI is InChI=1S/C19H24O2/c1-5-19(3,4)16-7-10-17(11-8-16)21-18-9-6-15(13-20)14(2)12-18/h6-12,20H,5,13H2,1-4H3. The molecule has 0 heterocycles. The van der Waals surface area contributed by atoms with Gasteiger partial charge in [-0.1, -0.05) is 39.0 Å². The topological polar surface area (TPSA) is 29.5 Å². The summed E-state index contributed by atoms with van der Waals surface area (Å²) in [4.78, 5) is 0. The van der Waals surface area contributed by atoms with Crippen molar-refractivity contribution in [2.75, 3.05) is 0 Å². The largest absolute Gasteiger partial charge is 0.457 e. The van der Waals surface area contributed by atoms with E-state index in [9.17, 15) is 5.11 Å². The van der Waals surface area contributed by atoms with E-state index in [1.807, 2.05) is 37.3 Å². The van der Waals surface area contributed by atoms with Crippen LogP contribution in [0.1, 0.15) is 43.9 Å². The summed E-state index contributed by atoms with van der Waals surface area (Å²) in [6.07, 6.45) is 1.11. The molecule has 1 N–H and O–H groups in total. The van der Waals surface area contributed by atoms with E-state index in [-0.39, 0.29) is 12.0 Å². The van der Waals surface area contributed by atoms with E-state index in [0.29, 0.717) is 0 Å². The normalized spacial score (nSPS) is 11.5. The molecule has 2 rings (SSSR count). The van der Waals surface area contributed by atoms with Crippen LogP contribution in [-0.4, -0.2) is 5.11 Å². The molecular formula is C19H24O2. The van der Waals surface area contributed by atoms with Crippen molar-refractivity contribution < 1.29 is 9.84 Å². The number of aliphatic hydroxyl groups excluding tert-OH is 1. The Kier molecular flexibility index (Phi) is 4.69. The summed E-state index contributed by atoms with van der Waals surface area (Å²) < 4.78 is 5.88. The van der Waals surface area contributed by atoms with Gasteiger partial charge in [-0.3, -0.25) is 0 Å². The Morgan fingerprint density at radius 2 is 1.62 bits per heavy atom. The zero-order valence-electron chi connectivity index (χ0n) is 13.3. The molecule has 2 aromatic carbocycles. The van der Waals surface area contributed by atoms with E-state index in [2.05, 4.69) is 32.9 Å². The van der Waals surface area contributed by atoms with Gasteiger partial charge in [0, 0.05) is 0 Å². The minimum atomic E-state index is 0.0624. The minimum Gasteiger partial charge on any atom is -0.457 e. The average molecular weight is 284 g/mol. The molecule has 112 valence electrons. The Hall–Kier alpha value is -1.80. The number of aliphatic hydroxyl groups is 1. The Balaban J connectivity index is 2.15. The molecule has 2 heteroatoms. The molecular weight excluding hydrogens is 260 g/mol. The lowest BCUT2D eigenvalue weighted by molar-refractivity contribution is 0.281.